The number of aryl methyl sites for hydroxylation is 1. The van der Waals surface area contributed by atoms with Crippen molar-refractivity contribution >= 4 is 31.6 Å². The van der Waals surface area contributed by atoms with Gasteiger partial charge in [-0.15, -0.1) is 0 Å². The van der Waals surface area contributed by atoms with Gasteiger partial charge in [0, 0.05) is 6.54 Å². The molecule has 0 saturated carbocycles. The van der Waals surface area contributed by atoms with Crippen molar-refractivity contribution in [3.05, 3.63) is 28.0 Å². The maximum Gasteiger partial charge on any atom is 0.233 e. The number of nitrogens with one attached hydrogen (secondary N) is 1. The topological polar surface area (TPSA) is 72.2 Å². The van der Waals surface area contributed by atoms with Gasteiger partial charge in [0.25, 0.3) is 0 Å². The second-order valence-electron chi connectivity index (χ2n) is 3.29. The summed E-state index contributed by atoms with van der Waals surface area (Å²) in [6.07, 6.45) is 0. The standard InChI is InChI=1S/C9H12BrFN2O2S/c1-6-4-8(11)7(10)5-9(6)13-16(14,15)3-2-12/h4-5,13H,2-3,12H2,1H3. The van der Waals surface area contributed by atoms with Crippen LogP contribution < -0.4 is 10.5 Å². The van der Waals surface area contributed by atoms with Crippen molar-refractivity contribution in [2.75, 3.05) is 17.0 Å². The molecule has 0 saturated heterocycles. The molecule has 0 aliphatic rings. The van der Waals surface area contributed by atoms with Gasteiger partial charge in [-0.05, 0) is 40.5 Å². The summed E-state index contributed by atoms with van der Waals surface area (Å²) in [6, 6.07) is 2.64. The predicted molar refractivity (Wildman–Crippen MR) is 65.3 cm³/mol. The van der Waals surface area contributed by atoms with Crippen LogP contribution in [0.4, 0.5) is 10.1 Å². The van der Waals surface area contributed by atoms with E-state index in [2.05, 4.69) is 20.7 Å². The highest BCUT2D eigenvalue weighted by Crippen LogP contribution is 2.24. The second kappa shape index (κ2) is 5.11. The first-order chi connectivity index (χ1) is 7.35. The summed E-state index contributed by atoms with van der Waals surface area (Å²) in [5, 5.41) is 0. The lowest BCUT2D eigenvalue weighted by atomic mass is 10.2. The molecular formula is C9H12BrFN2O2S. The molecule has 0 heterocycles. The molecule has 0 bridgehead atoms. The maximum absolute atomic E-state index is 13.1. The average Bonchev–Trinajstić information content (AvgIpc) is 2.13. The lowest BCUT2D eigenvalue weighted by Crippen LogP contribution is -2.22. The first kappa shape index (κ1) is 13.4. The second-order valence-corrected chi connectivity index (χ2v) is 5.99. The monoisotopic (exact) mass is 310 g/mol. The minimum atomic E-state index is -3.46. The van der Waals surface area contributed by atoms with Crippen LogP contribution in [0.3, 0.4) is 0 Å². The van der Waals surface area contributed by atoms with Crippen molar-refractivity contribution in [1.29, 1.82) is 0 Å². The molecule has 0 unspecified atom stereocenters. The van der Waals surface area contributed by atoms with Crippen LogP contribution >= 0.6 is 15.9 Å². The van der Waals surface area contributed by atoms with E-state index in [1.165, 1.54) is 12.1 Å². The van der Waals surface area contributed by atoms with E-state index in [1.54, 1.807) is 6.92 Å². The van der Waals surface area contributed by atoms with Gasteiger partial charge in [-0.1, -0.05) is 0 Å². The molecule has 0 fully saturated rings. The van der Waals surface area contributed by atoms with Crippen LogP contribution in [0.25, 0.3) is 0 Å². The summed E-state index contributed by atoms with van der Waals surface area (Å²) >= 11 is 2.99. The van der Waals surface area contributed by atoms with Crippen LogP contribution in [0.15, 0.2) is 16.6 Å². The Morgan fingerprint density at radius 3 is 2.69 bits per heavy atom. The number of hydrogen-bond acceptors (Lipinski definition) is 3. The number of anilines is 1. The van der Waals surface area contributed by atoms with E-state index < -0.39 is 15.8 Å². The van der Waals surface area contributed by atoms with Crippen molar-refractivity contribution in [1.82, 2.24) is 0 Å². The fourth-order valence-electron chi connectivity index (χ4n) is 1.13. The SMILES string of the molecule is Cc1cc(F)c(Br)cc1NS(=O)(=O)CCN. The van der Waals surface area contributed by atoms with Gasteiger partial charge in [0.15, 0.2) is 0 Å². The summed E-state index contributed by atoms with van der Waals surface area (Å²) < 4.78 is 38.6. The van der Waals surface area contributed by atoms with Gasteiger partial charge < -0.3 is 5.73 Å². The van der Waals surface area contributed by atoms with Crippen LogP contribution in [-0.4, -0.2) is 20.7 Å². The molecule has 1 aromatic carbocycles. The third-order valence-electron chi connectivity index (χ3n) is 1.92. The number of nitrogens with two attached hydrogens (primary N) is 1. The molecule has 1 rings (SSSR count). The molecule has 7 heteroatoms. The molecule has 0 aliphatic heterocycles. The number of benzene rings is 1. The molecule has 1 aromatic rings. The fraction of sp³-hybridized carbons (Fsp3) is 0.333. The normalized spacial score (nSPS) is 11.5. The quantitative estimate of drug-likeness (QED) is 0.887. The Morgan fingerprint density at radius 1 is 1.50 bits per heavy atom. The molecule has 16 heavy (non-hydrogen) atoms. The van der Waals surface area contributed by atoms with Gasteiger partial charge in [-0.25, -0.2) is 12.8 Å². The van der Waals surface area contributed by atoms with Crippen molar-refractivity contribution in [2.24, 2.45) is 5.73 Å². The Labute approximate surface area is 102 Å². The summed E-state index contributed by atoms with van der Waals surface area (Å²) in [4.78, 5) is 0. The highest BCUT2D eigenvalue weighted by Gasteiger charge is 2.12. The van der Waals surface area contributed by atoms with Crippen molar-refractivity contribution in [2.45, 2.75) is 6.92 Å². The van der Waals surface area contributed by atoms with Crippen LogP contribution in [0.5, 0.6) is 0 Å². The minimum absolute atomic E-state index is 0.0384. The Balaban J connectivity index is 3.03. The predicted octanol–water partition coefficient (Wildman–Crippen LogP) is 1.60. The van der Waals surface area contributed by atoms with E-state index in [9.17, 15) is 12.8 Å². The van der Waals surface area contributed by atoms with E-state index in [-0.39, 0.29) is 16.8 Å². The first-order valence-electron chi connectivity index (χ1n) is 4.52. The van der Waals surface area contributed by atoms with Crippen molar-refractivity contribution < 1.29 is 12.8 Å². The smallest absolute Gasteiger partial charge is 0.233 e. The summed E-state index contributed by atoms with van der Waals surface area (Å²) in [6.45, 7) is 1.66. The van der Waals surface area contributed by atoms with E-state index in [0.29, 0.717) is 11.3 Å². The van der Waals surface area contributed by atoms with E-state index in [1.807, 2.05) is 0 Å². The van der Waals surface area contributed by atoms with E-state index in [4.69, 9.17) is 5.73 Å². The molecular weight excluding hydrogens is 299 g/mol. The maximum atomic E-state index is 13.1. The highest BCUT2D eigenvalue weighted by atomic mass is 79.9. The summed E-state index contributed by atoms with van der Waals surface area (Å²) in [5.74, 6) is -0.596. The average molecular weight is 311 g/mol. The van der Waals surface area contributed by atoms with Crippen LogP contribution in [-0.2, 0) is 10.0 Å². The zero-order valence-electron chi connectivity index (χ0n) is 8.63. The number of rotatable bonds is 4. The summed E-state index contributed by atoms with van der Waals surface area (Å²) in [7, 11) is -3.46. The molecule has 3 N–H and O–H groups in total. The third kappa shape index (κ3) is 3.43. The fourth-order valence-corrected chi connectivity index (χ4v) is 2.44. The number of hydrogen-bond donors (Lipinski definition) is 2. The largest absolute Gasteiger partial charge is 0.329 e. The Bertz CT molecular complexity index is 491. The Morgan fingerprint density at radius 2 is 2.12 bits per heavy atom. The summed E-state index contributed by atoms with van der Waals surface area (Å²) in [5.41, 5.74) is 6.04. The number of halogens is 2. The molecule has 0 amide bonds. The molecule has 4 nitrogen and oxygen atoms in total. The molecule has 0 atom stereocenters. The molecule has 0 spiro atoms. The van der Waals surface area contributed by atoms with Gasteiger partial charge in [0.05, 0.1) is 15.9 Å². The van der Waals surface area contributed by atoms with Crippen LogP contribution in [0.1, 0.15) is 5.56 Å². The van der Waals surface area contributed by atoms with Gasteiger partial charge in [0.2, 0.25) is 10.0 Å². The zero-order chi connectivity index (χ0) is 12.3. The Kier molecular flexibility index (Phi) is 4.28. The molecule has 0 aliphatic carbocycles. The van der Waals surface area contributed by atoms with Gasteiger partial charge in [-0.3, -0.25) is 4.72 Å². The minimum Gasteiger partial charge on any atom is -0.329 e. The van der Waals surface area contributed by atoms with Crippen LogP contribution in [0, 0.1) is 12.7 Å². The third-order valence-corrected chi connectivity index (χ3v) is 3.83. The molecule has 90 valence electrons. The van der Waals surface area contributed by atoms with Crippen molar-refractivity contribution in [3.63, 3.8) is 0 Å². The first-order valence-corrected chi connectivity index (χ1v) is 6.96. The van der Waals surface area contributed by atoms with E-state index >= 15 is 0 Å². The molecule has 0 radical (unpaired) electrons. The van der Waals surface area contributed by atoms with Gasteiger partial charge in [0.1, 0.15) is 5.82 Å². The zero-order valence-corrected chi connectivity index (χ0v) is 11.0. The van der Waals surface area contributed by atoms with Gasteiger partial charge in [-0.2, -0.15) is 0 Å². The van der Waals surface area contributed by atoms with Crippen molar-refractivity contribution in [3.8, 4) is 0 Å². The lowest BCUT2D eigenvalue weighted by molar-refractivity contribution is 0.600. The Hall–Kier alpha value is -0.660. The van der Waals surface area contributed by atoms with Gasteiger partial charge >= 0.3 is 0 Å². The highest BCUT2D eigenvalue weighted by molar-refractivity contribution is 9.10. The lowest BCUT2D eigenvalue weighted by Gasteiger charge is -2.10. The number of sulfonamides is 1. The van der Waals surface area contributed by atoms with Crippen LogP contribution in [0.2, 0.25) is 0 Å². The molecule has 0 aromatic heterocycles. The van der Waals surface area contributed by atoms with E-state index in [0.717, 1.165) is 0 Å².